The van der Waals surface area contributed by atoms with E-state index in [4.69, 9.17) is 4.74 Å². The largest absolute Gasteiger partial charge is 0.394 e. The summed E-state index contributed by atoms with van der Waals surface area (Å²) in [5, 5.41) is 41.7. The molecule has 0 amide bonds. The number of aliphatic hydroxyl groups excluding tert-OH is 3. The molecule has 24 heavy (non-hydrogen) atoms. The van der Waals surface area contributed by atoms with Crippen molar-refractivity contribution in [1.82, 2.24) is 19.1 Å². The molecule has 0 bridgehead atoms. The summed E-state index contributed by atoms with van der Waals surface area (Å²) in [6, 6.07) is 0. The van der Waals surface area contributed by atoms with E-state index in [0.29, 0.717) is 0 Å². The molecule has 11 nitrogen and oxygen atoms in total. The number of aliphatic hydroxyl groups is 4. The first-order valence-electron chi connectivity index (χ1n) is 7.45. The van der Waals surface area contributed by atoms with E-state index >= 15 is 0 Å². The van der Waals surface area contributed by atoms with Crippen LogP contribution in [0.5, 0.6) is 0 Å². The molecule has 0 spiro atoms. The van der Waals surface area contributed by atoms with Crippen molar-refractivity contribution in [2.75, 3.05) is 11.9 Å². The molecule has 2 aromatic rings. The third kappa shape index (κ3) is 1.99. The van der Waals surface area contributed by atoms with Gasteiger partial charge in [0.05, 0.1) is 19.0 Å². The highest BCUT2D eigenvalue weighted by atomic mass is 16.5. The van der Waals surface area contributed by atoms with Crippen molar-refractivity contribution in [1.29, 1.82) is 0 Å². The molecule has 11 heteroatoms. The third-order valence-electron chi connectivity index (χ3n) is 4.44. The highest BCUT2D eigenvalue weighted by molar-refractivity contribution is 5.72. The minimum atomic E-state index is -1.73. The van der Waals surface area contributed by atoms with Crippen molar-refractivity contribution in [2.45, 2.75) is 43.7 Å². The number of nitrogens with zero attached hydrogens (tertiary/aromatic N) is 4. The zero-order chi connectivity index (χ0) is 17.2. The van der Waals surface area contributed by atoms with Gasteiger partial charge in [-0.2, -0.15) is 4.98 Å². The van der Waals surface area contributed by atoms with Crippen LogP contribution in [0.2, 0.25) is 0 Å². The predicted octanol–water partition coefficient (Wildman–Crippen LogP) is -2.14. The molecular formula is C13H17N5O6. The molecule has 4 rings (SSSR count). The second kappa shape index (κ2) is 4.97. The summed E-state index contributed by atoms with van der Waals surface area (Å²) in [4.78, 5) is 20.8. The van der Waals surface area contributed by atoms with Crippen LogP contribution in [-0.4, -0.2) is 64.1 Å². The quantitative estimate of drug-likeness (QED) is 0.412. The van der Waals surface area contributed by atoms with E-state index in [2.05, 4.69) is 15.3 Å². The van der Waals surface area contributed by atoms with Crippen LogP contribution in [0.4, 0.5) is 5.95 Å². The first kappa shape index (κ1) is 15.5. The molecule has 5 atom stereocenters. The molecule has 0 aliphatic carbocycles. The van der Waals surface area contributed by atoms with Gasteiger partial charge in [0.1, 0.15) is 12.3 Å². The highest BCUT2D eigenvalue weighted by Gasteiger charge is 2.43. The Bertz CT molecular complexity index is 860. The Morgan fingerprint density at radius 1 is 1.50 bits per heavy atom. The van der Waals surface area contributed by atoms with Crippen molar-refractivity contribution in [3.05, 3.63) is 16.7 Å². The molecule has 5 N–H and O–H groups in total. The molecule has 0 radical (unpaired) electrons. The number of rotatable bonds is 2. The SMILES string of the molecule is CC1(O)Nc2nc3c(ncn3C3CC(O)C(CO)O3)c(=O)n2C1O. The van der Waals surface area contributed by atoms with Crippen molar-refractivity contribution in [3.63, 3.8) is 0 Å². The van der Waals surface area contributed by atoms with E-state index in [9.17, 15) is 25.2 Å². The second-order valence-electron chi connectivity index (χ2n) is 6.20. The fourth-order valence-corrected chi connectivity index (χ4v) is 3.10. The average Bonchev–Trinajstić information content (AvgIpc) is 3.15. The average molecular weight is 339 g/mol. The Kier molecular flexibility index (Phi) is 3.21. The van der Waals surface area contributed by atoms with Gasteiger partial charge in [-0.15, -0.1) is 0 Å². The minimum Gasteiger partial charge on any atom is -0.394 e. The molecule has 1 saturated heterocycles. The molecule has 1 fully saturated rings. The summed E-state index contributed by atoms with van der Waals surface area (Å²) in [5.41, 5.74) is -2.14. The van der Waals surface area contributed by atoms with Gasteiger partial charge in [-0.3, -0.25) is 9.36 Å². The number of ether oxygens (including phenoxy) is 1. The molecular weight excluding hydrogens is 322 g/mol. The maximum atomic E-state index is 12.5. The fourth-order valence-electron chi connectivity index (χ4n) is 3.10. The number of hydrogen-bond acceptors (Lipinski definition) is 9. The van der Waals surface area contributed by atoms with Gasteiger partial charge in [-0.1, -0.05) is 0 Å². The van der Waals surface area contributed by atoms with Crippen molar-refractivity contribution >= 4 is 17.1 Å². The summed E-state index contributed by atoms with van der Waals surface area (Å²) in [6.07, 6.45) is -2.12. The Balaban J connectivity index is 1.82. The molecule has 5 unspecified atom stereocenters. The molecule has 2 aliphatic heterocycles. The molecule has 0 aromatic carbocycles. The Morgan fingerprint density at radius 3 is 2.92 bits per heavy atom. The summed E-state index contributed by atoms with van der Waals surface area (Å²) < 4.78 is 7.97. The smallest absolute Gasteiger partial charge is 0.285 e. The third-order valence-corrected chi connectivity index (χ3v) is 4.44. The Labute approximate surface area is 134 Å². The maximum absolute atomic E-state index is 12.5. The van der Waals surface area contributed by atoms with Crippen LogP contribution in [0.25, 0.3) is 11.2 Å². The van der Waals surface area contributed by atoms with E-state index in [1.54, 1.807) is 0 Å². The lowest BCUT2D eigenvalue weighted by molar-refractivity contribution is -0.0676. The van der Waals surface area contributed by atoms with Crippen molar-refractivity contribution < 1.29 is 25.2 Å². The molecule has 0 saturated carbocycles. The summed E-state index contributed by atoms with van der Waals surface area (Å²) in [7, 11) is 0. The number of fused-ring (bicyclic) bond motifs is 2. The van der Waals surface area contributed by atoms with Crippen LogP contribution < -0.4 is 10.9 Å². The lowest BCUT2D eigenvalue weighted by Crippen LogP contribution is -2.38. The van der Waals surface area contributed by atoms with Gasteiger partial charge in [-0.05, 0) is 6.92 Å². The summed E-state index contributed by atoms with van der Waals surface area (Å²) in [5.74, 6) is 0.00371. The van der Waals surface area contributed by atoms with Gasteiger partial charge in [-0.25, -0.2) is 9.55 Å². The monoisotopic (exact) mass is 339 g/mol. The predicted molar refractivity (Wildman–Crippen MR) is 78.9 cm³/mol. The summed E-state index contributed by atoms with van der Waals surface area (Å²) >= 11 is 0. The van der Waals surface area contributed by atoms with E-state index in [0.717, 1.165) is 4.57 Å². The van der Waals surface area contributed by atoms with E-state index in [-0.39, 0.29) is 30.1 Å². The normalized spacial score (nSPS) is 35.4. The van der Waals surface area contributed by atoms with Gasteiger partial charge in [0.15, 0.2) is 23.1 Å². The van der Waals surface area contributed by atoms with Gasteiger partial charge in [0.25, 0.3) is 5.56 Å². The Hall–Kier alpha value is -2.05. The number of imidazole rings is 1. The maximum Gasteiger partial charge on any atom is 0.285 e. The van der Waals surface area contributed by atoms with Gasteiger partial charge < -0.3 is 30.5 Å². The van der Waals surface area contributed by atoms with Crippen LogP contribution in [0.3, 0.4) is 0 Å². The first-order chi connectivity index (χ1) is 11.3. The number of hydrogen-bond donors (Lipinski definition) is 5. The zero-order valence-electron chi connectivity index (χ0n) is 12.7. The molecule has 4 heterocycles. The molecule has 2 aliphatic rings. The van der Waals surface area contributed by atoms with E-state index in [1.165, 1.54) is 17.8 Å². The van der Waals surface area contributed by atoms with Gasteiger partial charge in [0.2, 0.25) is 5.95 Å². The topological polar surface area (TPSA) is 155 Å². The molecule has 130 valence electrons. The van der Waals surface area contributed by atoms with Gasteiger partial charge >= 0.3 is 0 Å². The second-order valence-corrected chi connectivity index (χ2v) is 6.20. The fraction of sp³-hybridized carbons (Fsp3) is 0.615. The zero-order valence-corrected chi connectivity index (χ0v) is 12.7. The summed E-state index contributed by atoms with van der Waals surface area (Å²) in [6.45, 7) is 0.993. The first-order valence-corrected chi connectivity index (χ1v) is 7.45. The van der Waals surface area contributed by atoms with E-state index in [1.807, 2.05) is 0 Å². The van der Waals surface area contributed by atoms with E-state index < -0.39 is 35.9 Å². The lowest BCUT2D eigenvalue weighted by atomic mass is 10.2. The highest BCUT2D eigenvalue weighted by Crippen LogP contribution is 2.33. The van der Waals surface area contributed by atoms with Crippen LogP contribution in [0.1, 0.15) is 25.8 Å². The minimum absolute atomic E-state index is 0.00263. The lowest BCUT2D eigenvalue weighted by Gasteiger charge is -2.20. The van der Waals surface area contributed by atoms with Crippen LogP contribution in [0.15, 0.2) is 11.1 Å². The van der Waals surface area contributed by atoms with Crippen LogP contribution >= 0.6 is 0 Å². The van der Waals surface area contributed by atoms with Crippen LogP contribution in [-0.2, 0) is 4.74 Å². The Morgan fingerprint density at radius 2 is 2.25 bits per heavy atom. The van der Waals surface area contributed by atoms with Crippen molar-refractivity contribution in [3.8, 4) is 0 Å². The standard InChI is InChI=1S/C13H17N5O6/c1-13(23)11(22)18-10(21)8-9(15-12(18)16-13)17(4-14-8)7-2-5(20)6(3-19)24-7/h4-7,11,19-20,22-23H,2-3H2,1H3,(H,15,16). The number of anilines is 1. The molecule has 2 aromatic heterocycles. The number of aromatic nitrogens is 4. The van der Waals surface area contributed by atoms with Crippen LogP contribution in [0, 0.1) is 0 Å². The van der Waals surface area contributed by atoms with Crippen molar-refractivity contribution in [2.24, 2.45) is 0 Å². The van der Waals surface area contributed by atoms with Gasteiger partial charge in [0, 0.05) is 6.42 Å². The number of nitrogens with one attached hydrogen (secondary N) is 1.